The average Bonchev–Trinajstić information content (AvgIpc) is 3.24. The third-order valence-electron chi connectivity index (χ3n) is 4.29. The molecule has 11 heteroatoms. The van der Waals surface area contributed by atoms with Crippen LogP contribution in [0.5, 0.6) is 5.75 Å². The summed E-state index contributed by atoms with van der Waals surface area (Å²) in [5.74, 6) is 1.90. The molecule has 4 aromatic rings. The smallest absolute Gasteiger partial charge is 0.387 e. The first kappa shape index (κ1) is 19.6. The monoisotopic (exact) mass is 434 g/mol. The number of hydrogen-bond acceptors (Lipinski definition) is 8. The van der Waals surface area contributed by atoms with Gasteiger partial charge in [0.2, 0.25) is 0 Å². The third kappa shape index (κ3) is 4.06. The van der Waals surface area contributed by atoms with E-state index in [4.69, 9.17) is 0 Å². The van der Waals surface area contributed by atoms with Gasteiger partial charge >= 0.3 is 6.61 Å². The van der Waals surface area contributed by atoms with Crippen LogP contribution in [0.1, 0.15) is 22.1 Å². The van der Waals surface area contributed by atoms with E-state index in [2.05, 4.69) is 44.1 Å². The zero-order valence-corrected chi connectivity index (χ0v) is 17.4. The van der Waals surface area contributed by atoms with Gasteiger partial charge in [0.05, 0.1) is 11.4 Å². The van der Waals surface area contributed by atoms with Gasteiger partial charge in [0, 0.05) is 10.3 Å². The molecule has 0 atom stereocenters. The van der Waals surface area contributed by atoms with E-state index >= 15 is 0 Å². The predicted octanol–water partition coefficient (Wildman–Crippen LogP) is 4.49. The lowest BCUT2D eigenvalue weighted by Crippen LogP contribution is -2.04. The Morgan fingerprint density at radius 2 is 1.90 bits per heavy atom. The lowest BCUT2D eigenvalue weighted by molar-refractivity contribution is -0.0498. The molecule has 0 aliphatic rings. The highest BCUT2D eigenvalue weighted by atomic mass is 32.2. The normalized spacial score (nSPS) is 11.5. The Labute approximate surface area is 173 Å². The van der Waals surface area contributed by atoms with E-state index in [0.29, 0.717) is 17.3 Å². The molecule has 0 saturated carbocycles. The molecule has 4 rings (SSSR count). The summed E-state index contributed by atoms with van der Waals surface area (Å²) in [5, 5.41) is 13.8. The maximum atomic E-state index is 12.3. The number of aromatic nitrogens is 6. The second kappa shape index (κ2) is 7.99. The molecule has 0 radical (unpaired) electrons. The largest absolute Gasteiger partial charge is 0.435 e. The van der Waals surface area contributed by atoms with E-state index in [-0.39, 0.29) is 5.75 Å². The van der Waals surface area contributed by atoms with Crippen molar-refractivity contribution in [3.8, 4) is 11.4 Å². The summed E-state index contributed by atoms with van der Waals surface area (Å²) in [7, 11) is 0. The number of fused-ring (bicyclic) bond motifs is 1. The maximum absolute atomic E-state index is 12.3. The number of alkyl halides is 2. The minimum absolute atomic E-state index is 0.0786. The summed E-state index contributed by atoms with van der Waals surface area (Å²) in [6.07, 6.45) is 0. The number of nitrogens with zero attached hydrogens (tertiary/aromatic N) is 6. The minimum Gasteiger partial charge on any atom is -0.435 e. The minimum atomic E-state index is -2.86. The van der Waals surface area contributed by atoms with Gasteiger partial charge in [-0.1, -0.05) is 11.8 Å². The van der Waals surface area contributed by atoms with Crippen molar-refractivity contribution in [2.45, 2.75) is 38.2 Å². The number of thiophene rings is 1. The lowest BCUT2D eigenvalue weighted by atomic mass is 10.2. The molecule has 7 nitrogen and oxygen atoms in total. The Hall–Kier alpha value is -2.66. The van der Waals surface area contributed by atoms with Crippen LogP contribution in [0.2, 0.25) is 0 Å². The molecule has 0 amide bonds. The van der Waals surface area contributed by atoms with Crippen molar-refractivity contribution < 1.29 is 13.5 Å². The molecule has 0 aliphatic heterocycles. The van der Waals surface area contributed by atoms with Gasteiger partial charge in [-0.3, -0.25) is 0 Å². The topological polar surface area (TPSA) is 78.6 Å². The molecule has 1 aromatic carbocycles. The van der Waals surface area contributed by atoms with Crippen LogP contribution in [0.15, 0.2) is 29.3 Å². The highest BCUT2D eigenvalue weighted by Gasteiger charge is 2.16. The Bertz CT molecular complexity index is 1160. The first-order valence-electron chi connectivity index (χ1n) is 8.62. The first-order chi connectivity index (χ1) is 13.9. The quantitative estimate of drug-likeness (QED) is 0.327. The Balaban J connectivity index is 1.58. The summed E-state index contributed by atoms with van der Waals surface area (Å²) in [5.41, 5.74) is 1.83. The summed E-state index contributed by atoms with van der Waals surface area (Å²) < 4.78 is 30.6. The molecular weight excluding hydrogens is 418 g/mol. The van der Waals surface area contributed by atoms with E-state index in [9.17, 15) is 8.78 Å². The molecule has 0 fully saturated rings. The fourth-order valence-electron chi connectivity index (χ4n) is 2.82. The standard InChI is InChI=1S/C18H16F2N6OS2/c1-9-10(2)29-17-15(9)16(21-11(3)22-17)28-8-14-23-24-25-26(14)12-4-6-13(7-5-12)27-18(19)20/h4-7,18H,8H2,1-3H3. The van der Waals surface area contributed by atoms with Gasteiger partial charge < -0.3 is 4.74 Å². The summed E-state index contributed by atoms with van der Waals surface area (Å²) in [6.45, 7) is 3.16. The first-order valence-corrected chi connectivity index (χ1v) is 10.4. The van der Waals surface area contributed by atoms with E-state index in [1.54, 1.807) is 28.2 Å². The van der Waals surface area contributed by atoms with Crippen LogP contribution < -0.4 is 4.74 Å². The number of benzene rings is 1. The van der Waals surface area contributed by atoms with Crippen molar-refractivity contribution in [2.75, 3.05) is 0 Å². The molecule has 150 valence electrons. The lowest BCUT2D eigenvalue weighted by Gasteiger charge is -2.08. The molecule has 0 bridgehead atoms. The molecule has 29 heavy (non-hydrogen) atoms. The molecule has 0 unspecified atom stereocenters. The molecule has 0 saturated heterocycles. The number of tetrazole rings is 1. The van der Waals surface area contributed by atoms with E-state index in [0.717, 1.165) is 21.1 Å². The molecular formula is C18H16F2N6OS2. The highest BCUT2D eigenvalue weighted by molar-refractivity contribution is 7.98. The Morgan fingerprint density at radius 3 is 2.62 bits per heavy atom. The van der Waals surface area contributed by atoms with Gasteiger partial charge in [0.1, 0.15) is 21.4 Å². The molecule has 0 aliphatic carbocycles. The van der Waals surface area contributed by atoms with Crippen molar-refractivity contribution in [3.05, 3.63) is 46.4 Å². The predicted molar refractivity (Wildman–Crippen MR) is 107 cm³/mol. The zero-order valence-electron chi connectivity index (χ0n) is 15.8. The van der Waals surface area contributed by atoms with E-state index in [1.807, 2.05) is 6.92 Å². The van der Waals surface area contributed by atoms with Gasteiger partial charge in [-0.2, -0.15) is 13.5 Å². The number of thioether (sulfide) groups is 1. The highest BCUT2D eigenvalue weighted by Crippen LogP contribution is 2.36. The second-order valence-electron chi connectivity index (χ2n) is 6.21. The van der Waals surface area contributed by atoms with Crippen molar-refractivity contribution >= 4 is 33.3 Å². The van der Waals surface area contributed by atoms with Crippen LogP contribution in [0.4, 0.5) is 8.78 Å². The van der Waals surface area contributed by atoms with Gasteiger partial charge in [0.15, 0.2) is 5.82 Å². The van der Waals surface area contributed by atoms with Gasteiger partial charge in [-0.25, -0.2) is 9.97 Å². The van der Waals surface area contributed by atoms with E-state index in [1.165, 1.54) is 34.3 Å². The summed E-state index contributed by atoms with van der Waals surface area (Å²) in [6, 6.07) is 6.16. The number of ether oxygens (including phenoxy) is 1. The van der Waals surface area contributed by atoms with Gasteiger partial charge in [-0.05, 0) is 61.0 Å². The van der Waals surface area contributed by atoms with E-state index < -0.39 is 6.61 Å². The van der Waals surface area contributed by atoms with Crippen molar-refractivity contribution in [2.24, 2.45) is 0 Å². The van der Waals surface area contributed by atoms with Gasteiger partial charge in [-0.15, -0.1) is 16.4 Å². The Morgan fingerprint density at radius 1 is 1.14 bits per heavy atom. The summed E-state index contributed by atoms with van der Waals surface area (Å²) >= 11 is 3.20. The molecule has 3 aromatic heterocycles. The fourth-order valence-corrected chi connectivity index (χ4v) is 4.99. The fraction of sp³-hybridized carbons (Fsp3) is 0.278. The van der Waals surface area contributed by atoms with Crippen LogP contribution in [-0.4, -0.2) is 36.8 Å². The van der Waals surface area contributed by atoms with Crippen LogP contribution in [-0.2, 0) is 5.75 Å². The molecule has 3 heterocycles. The third-order valence-corrected chi connectivity index (χ3v) is 6.36. The Kier molecular flexibility index (Phi) is 5.41. The molecule has 0 N–H and O–H groups in total. The SMILES string of the molecule is Cc1nc(SCc2nnnn2-c2ccc(OC(F)F)cc2)c2c(C)c(C)sc2n1. The second-order valence-corrected chi connectivity index (χ2v) is 8.37. The van der Waals surface area contributed by atoms with Crippen LogP contribution >= 0.6 is 23.1 Å². The summed E-state index contributed by atoms with van der Waals surface area (Å²) in [4.78, 5) is 11.3. The van der Waals surface area contributed by atoms with Crippen molar-refractivity contribution in [3.63, 3.8) is 0 Å². The number of aryl methyl sites for hydroxylation is 3. The van der Waals surface area contributed by atoms with Crippen LogP contribution in [0.25, 0.3) is 15.9 Å². The number of hydrogen-bond donors (Lipinski definition) is 0. The van der Waals surface area contributed by atoms with Crippen LogP contribution in [0.3, 0.4) is 0 Å². The van der Waals surface area contributed by atoms with Crippen molar-refractivity contribution in [1.82, 2.24) is 30.2 Å². The zero-order chi connectivity index (χ0) is 20.5. The van der Waals surface area contributed by atoms with Crippen molar-refractivity contribution in [1.29, 1.82) is 0 Å². The van der Waals surface area contributed by atoms with Crippen LogP contribution in [0, 0.1) is 20.8 Å². The average molecular weight is 434 g/mol. The number of rotatable bonds is 6. The number of halogens is 2. The van der Waals surface area contributed by atoms with Gasteiger partial charge in [0.25, 0.3) is 0 Å². The maximum Gasteiger partial charge on any atom is 0.387 e. The molecule has 0 spiro atoms.